The number of rotatable bonds is 5. The van der Waals surface area contributed by atoms with Gasteiger partial charge in [0.2, 0.25) is 0 Å². The number of piperidine rings is 1. The van der Waals surface area contributed by atoms with Crippen LogP contribution < -0.4 is 5.32 Å². The molecule has 2 aromatic rings. The molecule has 1 atom stereocenters. The van der Waals surface area contributed by atoms with E-state index in [1.54, 1.807) is 11.3 Å². The van der Waals surface area contributed by atoms with Crippen LogP contribution in [0.15, 0.2) is 23.7 Å². The molecule has 3 rings (SSSR count). The van der Waals surface area contributed by atoms with Gasteiger partial charge in [0.15, 0.2) is 5.13 Å². The van der Waals surface area contributed by atoms with Gasteiger partial charge in [0, 0.05) is 47.7 Å². The average molecular weight is 331 g/mol. The van der Waals surface area contributed by atoms with Crippen LogP contribution in [-0.2, 0) is 0 Å². The number of hydrogen-bond acceptors (Lipinski definition) is 5. The highest BCUT2D eigenvalue weighted by atomic mass is 32.1. The molecule has 1 N–H and O–H groups in total. The minimum Gasteiger partial charge on any atom is -0.331 e. The van der Waals surface area contributed by atoms with Crippen LogP contribution in [0.25, 0.3) is 0 Å². The van der Waals surface area contributed by atoms with Crippen LogP contribution in [0.4, 0.5) is 10.8 Å². The molecule has 124 valence electrons. The van der Waals surface area contributed by atoms with Gasteiger partial charge >= 0.3 is 0 Å². The molecule has 0 radical (unpaired) electrons. The monoisotopic (exact) mass is 330 g/mol. The first-order valence-corrected chi connectivity index (χ1v) is 9.35. The average Bonchev–Trinajstić information content (AvgIpc) is 2.99. The molecule has 0 aliphatic carbocycles. The summed E-state index contributed by atoms with van der Waals surface area (Å²) in [5.74, 6) is 1.26. The number of nitrogens with zero attached hydrogens (tertiary/aromatic N) is 3. The molecule has 1 aliphatic rings. The van der Waals surface area contributed by atoms with Crippen LogP contribution in [0.3, 0.4) is 0 Å². The third-order valence-corrected chi connectivity index (χ3v) is 4.89. The lowest BCUT2D eigenvalue weighted by molar-refractivity contribution is 0.186. The first kappa shape index (κ1) is 16.4. The molecule has 5 heteroatoms. The van der Waals surface area contributed by atoms with Crippen molar-refractivity contribution in [3.63, 3.8) is 0 Å². The summed E-state index contributed by atoms with van der Waals surface area (Å²) in [4.78, 5) is 11.7. The van der Waals surface area contributed by atoms with Crippen molar-refractivity contribution in [1.82, 2.24) is 14.9 Å². The molecular formula is C18H26N4S. The van der Waals surface area contributed by atoms with Gasteiger partial charge in [-0.25, -0.2) is 4.98 Å². The Balaban J connectivity index is 1.75. The number of aromatic nitrogens is 2. The second kappa shape index (κ2) is 7.41. The fourth-order valence-electron chi connectivity index (χ4n) is 3.36. The lowest BCUT2D eigenvalue weighted by Gasteiger charge is -2.33. The summed E-state index contributed by atoms with van der Waals surface area (Å²) in [5.41, 5.74) is 3.39. The predicted molar refractivity (Wildman–Crippen MR) is 97.6 cm³/mol. The van der Waals surface area contributed by atoms with Crippen LogP contribution >= 0.6 is 11.3 Å². The van der Waals surface area contributed by atoms with E-state index in [2.05, 4.69) is 48.1 Å². The maximum Gasteiger partial charge on any atom is 0.187 e. The molecule has 0 saturated carbocycles. The molecule has 1 aliphatic heterocycles. The highest BCUT2D eigenvalue weighted by Gasteiger charge is 2.23. The van der Waals surface area contributed by atoms with Gasteiger partial charge in [-0.15, -0.1) is 11.3 Å². The number of likely N-dealkylation sites (tertiary alicyclic amines) is 1. The van der Waals surface area contributed by atoms with Crippen molar-refractivity contribution in [3.8, 4) is 0 Å². The van der Waals surface area contributed by atoms with E-state index in [9.17, 15) is 0 Å². The van der Waals surface area contributed by atoms with Crippen LogP contribution in [-0.4, -0.2) is 34.5 Å². The Hall–Kier alpha value is -1.46. The lowest BCUT2D eigenvalue weighted by Crippen LogP contribution is -2.37. The topological polar surface area (TPSA) is 41.1 Å². The number of aryl methyl sites for hydroxylation is 1. The normalized spacial score (nSPS) is 19.2. The van der Waals surface area contributed by atoms with Gasteiger partial charge in [-0.2, -0.15) is 0 Å². The molecule has 0 unspecified atom stereocenters. The maximum atomic E-state index is 4.82. The van der Waals surface area contributed by atoms with Crippen molar-refractivity contribution >= 4 is 22.2 Å². The minimum absolute atomic E-state index is 0.541. The lowest BCUT2D eigenvalue weighted by atomic mass is 9.93. The van der Waals surface area contributed by atoms with Gasteiger partial charge in [0.25, 0.3) is 0 Å². The van der Waals surface area contributed by atoms with Crippen LogP contribution in [0.1, 0.15) is 44.0 Å². The number of pyridine rings is 1. The summed E-state index contributed by atoms with van der Waals surface area (Å²) >= 11 is 1.62. The SMILES string of the molecule is Cc1cc(Nc2nccs2)cc([C@@H]2CCCN(CC(C)C)C2)n1. The molecule has 1 saturated heterocycles. The minimum atomic E-state index is 0.541. The number of hydrogen-bond donors (Lipinski definition) is 1. The molecule has 0 spiro atoms. The van der Waals surface area contributed by atoms with Crippen molar-refractivity contribution in [2.75, 3.05) is 25.0 Å². The highest BCUT2D eigenvalue weighted by Crippen LogP contribution is 2.29. The van der Waals surface area contributed by atoms with E-state index in [1.165, 1.54) is 31.6 Å². The summed E-state index contributed by atoms with van der Waals surface area (Å²) in [5, 5.41) is 6.33. The summed E-state index contributed by atoms with van der Waals surface area (Å²) in [6, 6.07) is 4.30. The highest BCUT2D eigenvalue weighted by molar-refractivity contribution is 7.13. The number of anilines is 2. The molecular weight excluding hydrogens is 304 g/mol. The third kappa shape index (κ3) is 4.52. The second-order valence-corrected chi connectivity index (χ2v) is 7.77. The fraction of sp³-hybridized carbons (Fsp3) is 0.556. The Morgan fingerprint density at radius 1 is 1.39 bits per heavy atom. The zero-order valence-corrected chi connectivity index (χ0v) is 15.1. The van der Waals surface area contributed by atoms with E-state index in [0.717, 1.165) is 29.0 Å². The summed E-state index contributed by atoms with van der Waals surface area (Å²) in [7, 11) is 0. The molecule has 23 heavy (non-hydrogen) atoms. The van der Waals surface area contributed by atoms with Gasteiger partial charge in [-0.1, -0.05) is 13.8 Å². The van der Waals surface area contributed by atoms with Gasteiger partial charge in [0.05, 0.1) is 0 Å². The third-order valence-electron chi connectivity index (χ3n) is 4.20. The second-order valence-electron chi connectivity index (χ2n) is 6.88. The van der Waals surface area contributed by atoms with E-state index in [1.807, 2.05) is 11.6 Å². The number of nitrogens with one attached hydrogen (secondary N) is 1. The van der Waals surface area contributed by atoms with Gasteiger partial charge in [0.1, 0.15) is 0 Å². The molecule has 0 aromatic carbocycles. The first-order valence-electron chi connectivity index (χ1n) is 8.47. The Morgan fingerprint density at radius 3 is 3.00 bits per heavy atom. The number of thiazole rings is 1. The standard InChI is InChI=1S/C18H26N4S/c1-13(2)11-22-7-4-5-15(12-22)17-10-16(9-14(3)20-17)21-18-19-6-8-23-18/h6,8-10,13,15H,4-5,7,11-12H2,1-3H3,(H,19,20,21)/t15-/m1/s1. The van der Waals surface area contributed by atoms with Crippen LogP contribution in [0.5, 0.6) is 0 Å². The maximum absolute atomic E-state index is 4.82. The predicted octanol–water partition coefficient (Wildman–Crippen LogP) is 4.43. The zero-order chi connectivity index (χ0) is 16.2. The van der Waals surface area contributed by atoms with Crippen LogP contribution in [0.2, 0.25) is 0 Å². The Labute approximate surface area is 143 Å². The van der Waals surface area contributed by atoms with Crippen molar-refractivity contribution in [1.29, 1.82) is 0 Å². The van der Waals surface area contributed by atoms with Crippen LogP contribution in [0, 0.1) is 12.8 Å². The summed E-state index contributed by atoms with van der Waals surface area (Å²) in [6.07, 6.45) is 4.33. The van der Waals surface area contributed by atoms with Crippen molar-refractivity contribution in [3.05, 3.63) is 35.1 Å². The van der Waals surface area contributed by atoms with E-state index >= 15 is 0 Å². The first-order chi connectivity index (χ1) is 11.1. The fourth-order valence-corrected chi connectivity index (χ4v) is 3.91. The van der Waals surface area contributed by atoms with Gasteiger partial charge < -0.3 is 10.2 Å². The van der Waals surface area contributed by atoms with E-state index in [0.29, 0.717) is 5.92 Å². The van der Waals surface area contributed by atoms with Gasteiger partial charge in [-0.05, 0) is 44.4 Å². The van der Waals surface area contributed by atoms with E-state index in [-0.39, 0.29) is 0 Å². The summed E-state index contributed by atoms with van der Waals surface area (Å²) < 4.78 is 0. The molecule has 0 bridgehead atoms. The molecule has 1 fully saturated rings. The van der Waals surface area contributed by atoms with E-state index in [4.69, 9.17) is 4.98 Å². The largest absolute Gasteiger partial charge is 0.331 e. The Morgan fingerprint density at radius 2 is 2.26 bits per heavy atom. The Bertz CT molecular complexity index is 624. The van der Waals surface area contributed by atoms with Crippen molar-refractivity contribution < 1.29 is 0 Å². The quantitative estimate of drug-likeness (QED) is 0.881. The van der Waals surface area contributed by atoms with Gasteiger partial charge in [-0.3, -0.25) is 4.98 Å². The summed E-state index contributed by atoms with van der Waals surface area (Å²) in [6.45, 7) is 10.2. The van der Waals surface area contributed by atoms with Crippen molar-refractivity contribution in [2.45, 2.75) is 39.5 Å². The molecule has 3 heterocycles. The smallest absolute Gasteiger partial charge is 0.187 e. The molecule has 0 amide bonds. The molecule has 2 aromatic heterocycles. The van der Waals surface area contributed by atoms with E-state index < -0.39 is 0 Å². The zero-order valence-electron chi connectivity index (χ0n) is 14.2. The van der Waals surface area contributed by atoms with Crippen molar-refractivity contribution in [2.24, 2.45) is 5.92 Å². The Kier molecular flexibility index (Phi) is 5.28. The molecule has 4 nitrogen and oxygen atoms in total.